The lowest BCUT2D eigenvalue weighted by Gasteiger charge is -2.20. The minimum atomic E-state index is -0.0269. The van der Waals surface area contributed by atoms with Crippen LogP contribution in [0.25, 0.3) is 11.4 Å². The van der Waals surface area contributed by atoms with Gasteiger partial charge in [0.1, 0.15) is 5.75 Å². The lowest BCUT2D eigenvalue weighted by Crippen LogP contribution is -2.20. The molecule has 1 aliphatic heterocycles. The molecule has 1 aromatic heterocycles. The van der Waals surface area contributed by atoms with Crippen LogP contribution in [0.5, 0.6) is 5.75 Å². The van der Waals surface area contributed by atoms with Gasteiger partial charge in [-0.05, 0) is 30.7 Å². The zero-order chi connectivity index (χ0) is 17.4. The van der Waals surface area contributed by atoms with Gasteiger partial charge in [0.05, 0.1) is 7.11 Å². The maximum Gasteiger partial charge on any atom is 0.250 e. The number of aryl methyl sites for hydroxylation is 1. The predicted octanol–water partition coefficient (Wildman–Crippen LogP) is 4.14. The maximum absolute atomic E-state index is 12.5. The molecule has 0 spiro atoms. The molecule has 0 fully saturated rings. The van der Waals surface area contributed by atoms with Crippen LogP contribution in [-0.4, -0.2) is 27.8 Å². The Morgan fingerprint density at radius 3 is 2.72 bits per heavy atom. The normalized spacial score (nSPS) is 16.6. The highest BCUT2D eigenvalue weighted by molar-refractivity contribution is 7.99. The van der Waals surface area contributed by atoms with Gasteiger partial charge in [-0.3, -0.25) is 4.79 Å². The van der Waals surface area contributed by atoms with E-state index >= 15 is 0 Å². The molecule has 25 heavy (non-hydrogen) atoms. The van der Waals surface area contributed by atoms with Crippen LogP contribution in [-0.2, 0) is 0 Å². The number of aromatic nitrogens is 3. The minimum absolute atomic E-state index is 0.0269. The van der Waals surface area contributed by atoms with Crippen LogP contribution in [0.2, 0.25) is 0 Å². The number of methoxy groups -OCH3 is 1. The monoisotopic (exact) mass is 351 g/mol. The van der Waals surface area contributed by atoms with Crippen molar-refractivity contribution in [2.75, 3.05) is 7.11 Å². The number of ether oxygens (including phenoxy) is 1. The summed E-state index contributed by atoms with van der Waals surface area (Å²) in [4.78, 5) is 17.1. The molecule has 1 aliphatic rings. The molecule has 4 rings (SSSR count). The first kappa shape index (κ1) is 15.9. The zero-order valence-corrected chi connectivity index (χ0v) is 14.8. The molecule has 0 amide bonds. The van der Waals surface area contributed by atoms with E-state index in [9.17, 15) is 4.79 Å². The van der Waals surface area contributed by atoms with Crippen LogP contribution < -0.4 is 4.74 Å². The SMILES string of the molecule is COc1ccc(C2CC(=O)n3nc(-c4cccc(C)c4)nc3S2)cc1. The molecule has 1 unspecified atom stereocenters. The van der Waals surface area contributed by atoms with Crippen molar-refractivity contribution in [2.24, 2.45) is 0 Å². The van der Waals surface area contributed by atoms with Gasteiger partial charge in [-0.2, -0.15) is 4.68 Å². The Morgan fingerprint density at radius 1 is 1.20 bits per heavy atom. The van der Waals surface area contributed by atoms with E-state index in [1.807, 2.05) is 55.5 Å². The molecule has 5 nitrogen and oxygen atoms in total. The highest BCUT2D eigenvalue weighted by atomic mass is 32.2. The summed E-state index contributed by atoms with van der Waals surface area (Å²) in [5, 5.41) is 5.10. The predicted molar refractivity (Wildman–Crippen MR) is 97.0 cm³/mol. The van der Waals surface area contributed by atoms with Gasteiger partial charge >= 0.3 is 0 Å². The Morgan fingerprint density at radius 2 is 2.00 bits per heavy atom. The number of hydrogen-bond acceptors (Lipinski definition) is 5. The van der Waals surface area contributed by atoms with Crippen molar-refractivity contribution < 1.29 is 9.53 Å². The van der Waals surface area contributed by atoms with Crippen molar-refractivity contribution >= 4 is 17.7 Å². The van der Waals surface area contributed by atoms with Crippen molar-refractivity contribution in [1.29, 1.82) is 0 Å². The molecule has 2 heterocycles. The molecule has 0 radical (unpaired) electrons. The van der Waals surface area contributed by atoms with E-state index in [1.165, 1.54) is 4.68 Å². The van der Waals surface area contributed by atoms with Crippen molar-refractivity contribution in [3.63, 3.8) is 0 Å². The quantitative estimate of drug-likeness (QED) is 0.710. The molecule has 0 aliphatic carbocycles. The Bertz CT molecular complexity index is 934. The Balaban J connectivity index is 1.65. The molecule has 0 bridgehead atoms. The first-order valence-electron chi connectivity index (χ1n) is 8.02. The van der Waals surface area contributed by atoms with Crippen LogP contribution in [0.1, 0.15) is 27.6 Å². The molecular formula is C19H17N3O2S. The van der Waals surface area contributed by atoms with E-state index in [-0.39, 0.29) is 11.2 Å². The summed E-state index contributed by atoms with van der Waals surface area (Å²) in [6, 6.07) is 15.8. The second-order valence-corrected chi connectivity index (χ2v) is 7.15. The Labute approximate surface area is 150 Å². The number of fused-ring (bicyclic) bond motifs is 1. The third-order valence-corrected chi connectivity index (χ3v) is 5.38. The van der Waals surface area contributed by atoms with Crippen LogP contribution in [0, 0.1) is 6.92 Å². The number of nitrogens with zero attached hydrogens (tertiary/aromatic N) is 3. The molecule has 3 aromatic rings. The topological polar surface area (TPSA) is 57.0 Å². The lowest BCUT2D eigenvalue weighted by atomic mass is 10.1. The number of rotatable bonds is 3. The zero-order valence-electron chi connectivity index (χ0n) is 14.0. The summed E-state index contributed by atoms with van der Waals surface area (Å²) >= 11 is 1.57. The summed E-state index contributed by atoms with van der Waals surface area (Å²) in [5.74, 6) is 1.37. The fourth-order valence-corrected chi connectivity index (χ4v) is 4.02. The van der Waals surface area contributed by atoms with Crippen LogP contribution in [0.15, 0.2) is 53.7 Å². The minimum Gasteiger partial charge on any atom is -0.497 e. The number of carbonyl (C=O) groups excluding carboxylic acids is 1. The average Bonchev–Trinajstić information content (AvgIpc) is 3.07. The second-order valence-electron chi connectivity index (χ2n) is 5.98. The van der Waals surface area contributed by atoms with Gasteiger partial charge in [0, 0.05) is 17.2 Å². The smallest absolute Gasteiger partial charge is 0.250 e. The first-order chi connectivity index (χ1) is 12.1. The lowest BCUT2D eigenvalue weighted by molar-refractivity contribution is 0.0868. The highest BCUT2D eigenvalue weighted by Crippen LogP contribution is 2.41. The molecule has 1 atom stereocenters. The van der Waals surface area contributed by atoms with Crippen LogP contribution in [0.4, 0.5) is 0 Å². The molecule has 0 N–H and O–H groups in total. The van der Waals surface area contributed by atoms with E-state index < -0.39 is 0 Å². The van der Waals surface area contributed by atoms with E-state index in [4.69, 9.17) is 4.74 Å². The molecular weight excluding hydrogens is 334 g/mol. The van der Waals surface area contributed by atoms with Crippen molar-refractivity contribution in [3.8, 4) is 17.1 Å². The van der Waals surface area contributed by atoms with Gasteiger partial charge in [-0.25, -0.2) is 4.98 Å². The number of carbonyl (C=O) groups is 1. The Hall–Kier alpha value is -2.60. The summed E-state index contributed by atoms with van der Waals surface area (Å²) in [7, 11) is 1.64. The third-order valence-electron chi connectivity index (χ3n) is 4.19. The average molecular weight is 351 g/mol. The van der Waals surface area contributed by atoms with Crippen molar-refractivity contribution in [3.05, 3.63) is 59.7 Å². The molecule has 0 saturated carbocycles. The Kier molecular flexibility index (Phi) is 4.05. The summed E-state index contributed by atoms with van der Waals surface area (Å²) < 4.78 is 6.63. The fourth-order valence-electron chi connectivity index (χ4n) is 2.86. The highest BCUT2D eigenvalue weighted by Gasteiger charge is 2.30. The van der Waals surface area contributed by atoms with E-state index in [1.54, 1.807) is 18.9 Å². The van der Waals surface area contributed by atoms with Crippen LogP contribution in [0.3, 0.4) is 0 Å². The van der Waals surface area contributed by atoms with E-state index in [0.717, 1.165) is 22.4 Å². The standard InChI is InChI=1S/C19H17N3O2S/c1-12-4-3-5-14(10-12)18-20-19-22(21-18)17(23)11-16(25-19)13-6-8-15(24-2)9-7-13/h3-10,16H,11H2,1-2H3. The number of hydrogen-bond donors (Lipinski definition) is 0. The van der Waals surface area contributed by atoms with Gasteiger partial charge in [0.2, 0.25) is 0 Å². The van der Waals surface area contributed by atoms with Crippen molar-refractivity contribution in [2.45, 2.75) is 23.8 Å². The largest absolute Gasteiger partial charge is 0.497 e. The van der Waals surface area contributed by atoms with Crippen LogP contribution >= 0.6 is 11.8 Å². The molecule has 6 heteroatoms. The first-order valence-corrected chi connectivity index (χ1v) is 8.90. The summed E-state index contributed by atoms with van der Waals surface area (Å²) in [6.07, 6.45) is 0.403. The third kappa shape index (κ3) is 3.05. The maximum atomic E-state index is 12.5. The molecule has 0 saturated heterocycles. The van der Waals surface area contributed by atoms with Gasteiger partial charge in [0.25, 0.3) is 5.91 Å². The van der Waals surface area contributed by atoms with E-state index in [2.05, 4.69) is 10.1 Å². The summed E-state index contributed by atoms with van der Waals surface area (Å²) in [6.45, 7) is 2.03. The summed E-state index contributed by atoms with van der Waals surface area (Å²) in [5.41, 5.74) is 3.15. The fraction of sp³-hybridized carbons (Fsp3) is 0.211. The van der Waals surface area contributed by atoms with Gasteiger partial charge in [0.15, 0.2) is 11.0 Å². The molecule has 126 valence electrons. The number of thioether (sulfide) groups is 1. The second kappa shape index (κ2) is 6.37. The van der Waals surface area contributed by atoms with Gasteiger partial charge in [-0.1, -0.05) is 47.7 Å². The van der Waals surface area contributed by atoms with Gasteiger partial charge in [-0.15, -0.1) is 5.10 Å². The van der Waals surface area contributed by atoms with Gasteiger partial charge < -0.3 is 4.74 Å². The van der Waals surface area contributed by atoms with E-state index in [0.29, 0.717) is 17.4 Å². The number of benzene rings is 2. The van der Waals surface area contributed by atoms with Crippen molar-refractivity contribution in [1.82, 2.24) is 14.8 Å². The molecule has 2 aromatic carbocycles.